The molecule has 1 aromatic rings. The first-order valence-corrected chi connectivity index (χ1v) is 8.46. The predicted octanol–water partition coefficient (Wildman–Crippen LogP) is 3.31. The van der Waals surface area contributed by atoms with Crippen LogP contribution in [-0.2, 0) is 6.54 Å². The Morgan fingerprint density at radius 2 is 2.00 bits per heavy atom. The summed E-state index contributed by atoms with van der Waals surface area (Å²) in [5, 5.41) is 13.1. The lowest BCUT2D eigenvalue weighted by molar-refractivity contribution is 0.145. The summed E-state index contributed by atoms with van der Waals surface area (Å²) in [6.07, 6.45) is 2.28. The van der Waals surface area contributed by atoms with E-state index in [9.17, 15) is 9.50 Å². The summed E-state index contributed by atoms with van der Waals surface area (Å²) in [4.78, 5) is 2.03. The van der Waals surface area contributed by atoms with Crippen molar-refractivity contribution in [3.63, 3.8) is 0 Å². The Morgan fingerprint density at radius 1 is 1.32 bits per heavy atom. The van der Waals surface area contributed by atoms with Gasteiger partial charge in [0.2, 0.25) is 0 Å². The number of aliphatic hydroxyl groups is 1. The van der Waals surface area contributed by atoms with Crippen LogP contribution in [0.2, 0.25) is 0 Å². The Labute approximate surface area is 133 Å². The van der Waals surface area contributed by atoms with E-state index >= 15 is 0 Å². The minimum absolute atomic E-state index is 0.159. The second kappa shape index (κ2) is 7.93. The van der Waals surface area contributed by atoms with Crippen LogP contribution in [0, 0.1) is 11.7 Å². The molecule has 1 atom stereocenters. The largest absolute Gasteiger partial charge is 0.393 e. The van der Waals surface area contributed by atoms with Crippen molar-refractivity contribution in [1.29, 1.82) is 0 Å². The van der Waals surface area contributed by atoms with Crippen molar-refractivity contribution in [1.82, 2.24) is 5.32 Å². The number of rotatable bonds is 6. The lowest BCUT2D eigenvalue weighted by atomic mass is 10.0. The molecule has 1 aliphatic rings. The highest BCUT2D eigenvalue weighted by Crippen LogP contribution is 2.24. The van der Waals surface area contributed by atoms with Crippen molar-refractivity contribution in [2.45, 2.75) is 58.7 Å². The number of nitrogens with zero attached hydrogens (tertiary/aromatic N) is 1. The molecule has 0 bridgehead atoms. The number of hydrogen-bond acceptors (Lipinski definition) is 3. The third-order valence-electron chi connectivity index (χ3n) is 4.63. The highest BCUT2D eigenvalue weighted by Gasteiger charge is 2.19. The lowest BCUT2D eigenvalue weighted by Gasteiger charge is -2.31. The predicted molar refractivity (Wildman–Crippen MR) is 89.6 cm³/mol. The molecule has 0 aliphatic carbocycles. The van der Waals surface area contributed by atoms with Gasteiger partial charge in [0, 0.05) is 25.7 Å². The fourth-order valence-electron chi connectivity index (χ4n) is 3.12. The average molecular weight is 308 g/mol. The Hall–Kier alpha value is -1.13. The molecule has 3 nitrogen and oxygen atoms in total. The summed E-state index contributed by atoms with van der Waals surface area (Å²) in [5.41, 5.74) is 1.64. The van der Waals surface area contributed by atoms with Crippen molar-refractivity contribution in [2.24, 2.45) is 5.92 Å². The van der Waals surface area contributed by atoms with Gasteiger partial charge in [-0.3, -0.25) is 0 Å². The fourth-order valence-corrected chi connectivity index (χ4v) is 3.12. The van der Waals surface area contributed by atoms with Crippen LogP contribution in [0.25, 0.3) is 0 Å². The molecule has 1 saturated heterocycles. The molecule has 1 unspecified atom stereocenters. The fraction of sp³-hybridized carbons (Fsp3) is 0.667. The van der Waals surface area contributed by atoms with E-state index in [-0.39, 0.29) is 11.9 Å². The standard InChI is InChI=1S/C18H29FN2O/c1-4-17(13(2)3)20-12-14-5-6-18(16(19)11-14)21-9-7-15(22)8-10-21/h5-6,11,13,15,17,20,22H,4,7-10,12H2,1-3H3. The maximum absolute atomic E-state index is 14.4. The van der Waals surface area contributed by atoms with Gasteiger partial charge in [-0.25, -0.2) is 4.39 Å². The first kappa shape index (κ1) is 17.2. The molecule has 0 aromatic heterocycles. The van der Waals surface area contributed by atoms with Gasteiger partial charge in [-0.2, -0.15) is 0 Å². The Balaban J connectivity index is 1.97. The first-order valence-electron chi connectivity index (χ1n) is 8.46. The molecule has 2 rings (SSSR count). The second-order valence-corrected chi connectivity index (χ2v) is 6.64. The maximum Gasteiger partial charge on any atom is 0.146 e. The van der Waals surface area contributed by atoms with Crippen LogP contribution in [0.4, 0.5) is 10.1 Å². The van der Waals surface area contributed by atoms with Crippen LogP contribution >= 0.6 is 0 Å². The molecule has 4 heteroatoms. The number of piperidine rings is 1. The van der Waals surface area contributed by atoms with Gasteiger partial charge in [-0.05, 0) is 42.9 Å². The van der Waals surface area contributed by atoms with Crippen molar-refractivity contribution in [3.05, 3.63) is 29.6 Å². The molecule has 1 aromatic carbocycles. The number of aliphatic hydroxyl groups excluding tert-OH is 1. The number of anilines is 1. The van der Waals surface area contributed by atoms with Crippen molar-refractivity contribution < 1.29 is 9.50 Å². The van der Waals surface area contributed by atoms with E-state index in [1.165, 1.54) is 0 Å². The average Bonchev–Trinajstić information content (AvgIpc) is 2.49. The molecule has 1 aliphatic heterocycles. The van der Waals surface area contributed by atoms with Gasteiger partial charge >= 0.3 is 0 Å². The van der Waals surface area contributed by atoms with E-state index in [2.05, 4.69) is 26.1 Å². The summed E-state index contributed by atoms with van der Waals surface area (Å²) in [7, 11) is 0. The third-order valence-corrected chi connectivity index (χ3v) is 4.63. The quantitative estimate of drug-likeness (QED) is 0.846. The normalized spacial score (nSPS) is 18.0. The summed E-state index contributed by atoms with van der Waals surface area (Å²) in [6, 6.07) is 5.98. The zero-order chi connectivity index (χ0) is 16.1. The van der Waals surface area contributed by atoms with Gasteiger partial charge in [-0.15, -0.1) is 0 Å². The summed E-state index contributed by atoms with van der Waals surface area (Å²) in [5.74, 6) is 0.419. The minimum Gasteiger partial charge on any atom is -0.393 e. The third kappa shape index (κ3) is 4.43. The van der Waals surface area contributed by atoms with E-state index in [1.54, 1.807) is 6.07 Å². The van der Waals surface area contributed by atoms with Gasteiger partial charge in [-0.1, -0.05) is 26.8 Å². The summed E-state index contributed by atoms with van der Waals surface area (Å²) < 4.78 is 14.4. The van der Waals surface area contributed by atoms with Gasteiger partial charge < -0.3 is 15.3 Å². The zero-order valence-electron chi connectivity index (χ0n) is 14.0. The molecule has 0 radical (unpaired) electrons. The van der Waals surface area contributed by atoms with Gasteiger partial charge in [0.25, 0.3) is 0 Å². The number of hydrogen-bond donors (Lipinski definition) is 2. The highest BCUT2D eigenvalue weighted by atomic mass is 19.1. The monoisotopic (exact) mass is 308 g/mol. The first-order chi connectivity index (χ1) is 10.5. The summed E-state index contributed by atoms with van der Waals surface area (Å²) in [6.45, 7) is 8.73. The number of benzene rings is 1. The van der Waals surface area contributed by atoms with Crippen LogP contribution in [0.5, 0.6) is 0 Å². The van der Waals surface area contributed by atoms with Crippen LogP contribution in [0.1, 0.15) is 45.6 Å². The molecule has 1 fully saturated rings. The Bertz CT molecular complexity index is 470. The molecule has 22 heavy (non-hydrogen) atoms. The molecule has 2 N–H and O–H groups in total. The van der Waals surface area contributed by atoms with Gasteiger partial charge in [0.1, 0.15) is 5.82 Å². The van der Waals surface area contributed by atoms with E-state index < -0.39 is 0 Å². The van der Waals surface area contributed by atoms with E-state index in [4.69, 9.17) is 0 Å². The van der Waals surface area contributed by atoms with Gasteiger partial charge in [0.05, 0.1) is 11.8 Å². The van der Waals surface area contributed by atoms with Gasteiger partial charge in [0.15, 0.2) is 0 Å². The van der Waals surface area contributed by atoms with E-state index in [0.29, 0.717) is 24.2 Å². The topological polar surface area (TPSA) is 35.5 Å². The SMILES string of the molecule is CCC(NCc1ccc(N2CCC(O)CC2)c(F)c1)C(C)C. The van der Waals surface area contributed by atoms with Crippen LogP contribution < -0.4 is 10.2 Å². The van der Waals surface area contributed by atoms with Crippen molar-refractivity contribution in [3.8, 4) is 0 Å². The van der Waals surface area contributed by atoms with Crippen LogP contribution in [-0.4, -0.2) is 30.3 Å². The molecule has 1 heterocycles. The molecule has 0 spiro atoms. The van der Waals surface area contributed by atoms with E-state index in [1.807, 2.05) is 17.0 Å². The lowest BCUT2D eigenvalue weighted by Crippen LogP contribution is -2.36. The number of nitrogens with one attached hydrogen (secondary N) is 1. The smallest absolute Gasteiger partial charge is 0.146 e. The maximum atomic E-state index is 14.4. The molecular formula is C18H29FN2O. The number of halogens is 1. The molecular weight excluding hydrogens is 279 g/mol. The minimum atomic E-state index is -0.232. The van der Waals surface area contributed by atoms with E-state index in [0.717, 1.165) is 37.9 Å². The summed E-state index contributed by atoms with van der Waals surface area (Å²) >= 11 is 0. The molecule has 124 valence electrons. The van der Waals surface area contributed by atoms with Crippen molar-refractivity contribution in [2.75, 3.05) is 18.0 Å². The molecule has 0 amide bonds. The zero-order valence-corrected chi connectivity index (χ0v) is 14.0. The van der Waals surface area contributed by atoms with Crippen molar-refractivity contribution >= 4 is 5.69 Å². The van der Waals surface area contributed by atoms with Crippen LogP contribution in [0.3, 0.4) is 0 Å². The Morgan fingerprint density at radius 3 is 2.55 bits per heavy atom. The second-order valence-electron chi connectivity index (χ2n) is 6.64. The molecule has 0 saturated carbocycles. The Kier molecular flexibility index (Phi) is 6.21. The van der Waals surface area contributed by atoms with Crippen LogP contribution in [0.15, 0.2) is 18.2 Å². The highest BCUT2D eigenvalue weighted by molar-refractivity contribution is 5.49.